The molecule has 1 aliphatic rings. The molecule has 1 aromatic rings. The van der Waals surface area contributed by atoms with Crippen LogP contribution in [0.3, 0.4) is 0 Å². The maximum absolute atomic E-state index is 11.4. The molecule has 118 valence electrons. The first-order valence-electron chi connectivity index (χ1n) is 7.47. The summed E-state index contributed by atoms with van der Waals surface area (Å²) < 4.78 is 5.98. The SMILES string of the molecule is CC(C)(C)C1CC(Oc2ccc(C#N)cc2)CCN1C(=O)O. The molecule has 1 aromatic carbocycles. The molecule has 2 rings (SSSR count). The van der Waals surface area contributed by atoms with Gasteiger partial charge in [0.2, 0.25) is 0 Å². The van der Waals surface area contributed by atoms with Gasteiger partial charge in [0.05, 0.1) is 11.6 Å². The second-order valence-corrected chi connectivity index (χ2v) is 6.76. The molecule has 0 aliphatic carbocycles. The number of carbonyl (C=O) groups is 1. The lowest BCUT2D eigenvalue weighted by atomic mass is 9.80. The highest BCUT2D eigenvalue weighted by Gasteiger charge is 2.39. The Balaban J connectivity index is 2.07. The Bertz CT molecular complexity index is 569. The molecule has 1 saturated heterocycles. The quantitative estimate of drug-likeness (QED) is 0.907. The van der Waals surface area contributed by atoms with Gasteiger partial charge in [0.1, 0.15) is 11.9 Å². The van der Waals surface area contributed by atoms with E-state index in [0.29, 0.717) is 24.9 Å². The Morgan fingerprint density at radius 3 is 2.50 bits per heavy atom. The summed E-state index contributed by atoms with van der Waals surface area (Å²) in [7, 11) is 0. The van der Waals surface area contributed by atoms with Crippen LogP contribution in [-0.2, 0) is 0 Å². The molecular weight excluding hydrogens is 280 g/mol. The third-order valence-corrected chi connectivity index (χ3v) is 4.09. The van der Waals surface area contributed by atoms with Crippen LogP contribution in [0, 0.1) is 16.7 Å². The molecule has 5 heteroatoms. The van der Waals surface area contributed by atoms with Crippen LogP contribution in [0.2, 0.25) is 0 Å². The maximum Gasteiger partial charge on any atom is 0.407 e. The minimum absolute atomic E-state index is 0.00670. The predicted octanol–water partition coefficient (Wildman–Crippen LogP) is 3.49. The van der Waals surface area contributed by atoms with Crippen LogP contribution in [0.1, 0.15) is 39.2 Å². The van der Waals surface area contributed by atoms with Gasteiger partial charge in [-0.25, -0.2) is 4.79 Å². The van der Waals surface area contributed by atoms with Crippen LogP contribution >= 0.6 is 0 Å². The molecule has 1 aliphatic heterocycles. The summed E-state index contributed by atoms with van der Waals surface area (Å²) >= 11 is 0. The average Bonchev–Trinajstić information content (AvgIpc) is 2.47. The van der Waals surface area contributed by atoms with Crippen molar-refractivity contribution in [3.63, 3.8) is 0 Å². The Kier molecular flexibility index (Phi) is 4.60. The summed E-state index contributed by atoms with van der Waals surface area (Å²) in [5.74, 6) is 0.723. The maximum atomic E-state index is 11.4. The van der Waals surface area contributed by atoms with Crippen LogP contribution in [0.5, 0.6) is 5.75 Å². The number of benzene rings is 1. The molecule has 0 spiro atoms. The molecule has 0 radical (unpaired) electrons. The first-order chi connectivity index (χ1) is 10.3. The van der Waals surface area contributed by atoms with Crippen LogP contribution in [0.25, 0.3) is 0 Å². The van der Waals surface area contributed by atoms with Gasteiger partial charge in [0.25, 0.3) is 0 Å². The number of hydrogen-bond donors (Lipinski definition) is 1. The largest absolute Gasteiger partial charge is 0.490 e. The first-order valence-corrected chi connectivity index (χ1v) is 7.47. The van der Waals surface area contributed by atoms with Crippen LogP contribution < -0.4 is 4.74 Å². The van der Waals surface area contributed by atoms with Crippen molar-refractivity contribution in [1.29, 1.82) is 5.26 Å². The fourth-order valence-electron chi connectivity index (χ4n) is 2.89. The van der Waals surface area contributed by atoms with Crippen molar-refractivity contribution < 1.29 is 14.6 Å². The lowest BCUT2D eigenvalue weighted by Crippen LogP contribution is -2.53. The lowest BCUT2D eigenvalue weighted by molar-refractivity contribution is 0.0130. The zero-order valence-corrected chi connectivity index (χ0v) is 13.2. The van der Waals surface area contributed by atoms with E-state index < -0.39 is 6.09 Å². The third kappa shape index (κ3) is 3.70. The van der Waals surface area contributed by atoms with Crippen molar-refractivity contribution in [2.75, 3.05) is 6.54 Å². The van der Waals surface area contributed by atoms with E-state index in [4.69, 9.17) is 10.00 Å². The molecule has 1 heterocycles. The number of carboxylic acid groups (broad SMARTS) is 1. The van der Waals surface area contributed by atoms with Gasteiger partial charge in [0.15, 0.2) is 0 Å². The normalized spacial score (nSPS) is 22.0. The van der Waals surface area contributed by atoms with E-state index in [-0.39, 0.29) is 17.6 Å². The van der Waals surface area contributed by atoms with Crippen molar-refractivity contribution in [3.05, 3.63) is 29.8 Å². The zero-order chi connectivity index (χ0) is 16.3. The number of ether oxygens (including phenoxy) is 1. The Morgan fingerprint density at radius 2 is 2.00 bits per heavy atom. The smallest absolute Gasteiger partial charge is 0.407 e. The lowest BCUT2D eigenvalue weighted by Gasteiger charge is -2.44. The fourth-order valence-corrected chi connectivity index (χ4v) is 2.89. The van der Waals surface area contributed by atoms with Crippen LogP contribution in [0.15, 0.2) is 24.3 Å². The Labute approximate surface area is 131 Å². The topological polar surface area (TPSA) is 73.6 Å². The minimum atomic E-state index is -0.864. The van der Waals surface area contributed by atoms with E-state index in [1.807, 2.05) is 0 Å². The molecule has 0 aromatic heterocycles. The first kappa shape index (κ1) is 16.2. The van der Waals surface area contributed by atoms with Crippen molar-refractivity contribution in [2.24, 2.45) is 5.41 Å². The molecule has 1 fully saturated rings. The van der Waals surface area contributed by atoms with Gasteiger partial charge in [0, 0.05) is 25.4 Å². The van der Waals surface area contributed by atoms with Crippen LogP contribution in [0.4, 0.5) is 4.79 Å². The molecular formula is C17H22N2O3. The van der Waals surface area contributed by atoms with E-state index in [1.165, 1.54) is 4.90 Å². The van der Waals surface area contributed by atoms with Gasteiger partial charge in [-0.05, 0) is 29.7 Å². The van der Waals surface area contributed by atoms with Gasteiger partial charge in [-0.3, -0.25) is 0 Å². The van der Waals surface area contributed by atoms with E-state index in [1.54, 1.807) is 24.3 Å². The van der Waals surface area contributed by atoms with Crippen molar-refractivity contribution in [2.45, 2.75) is 45.8 Å². The number of hydrogen-bond acceptors (Lipinski definition) is 3. The van der Waals surface area contributed by atoms with E-state index in [9.17, 15) is 9.90 Å². The second-order valence-electron chi connectivity index (χ2n) is 6.76. The number of rotatable bonds is 2. The monoisotopic (exact) mass is 302 g/mol. The van der Waals surface area contributed by atoms with E-state index >= 15 is 0 Å². The molecule has 2 atom stereocenters. The highest BCUT2D eigenvalue weighted by Crippen LogP contribution is 2.33. The Morgan fingerprint density at radius 1 is 1.36 bits per heavy atom. The van der Waals surface area contributed by atoms with E-state index in [2.05, 4.69) is 26.8 Å². The highest BCUT2D eigenvalue weighted by atomic mass is 16.5. The number of nitriles is 1. The second kappa shape index (κ2) is 6.27. The fraction of sp³-hybridized carbons (Fsp3) is 0.529. The van der Waals surface area contributed by atoms with Crippen LogP contribution in [-0.4, -0.2) is 34.8 Å². The van der Waals surface area contributed by atoms with Gasteiger partial charge >= 0.3 is 6.09 Å². The number of likely N-dealkylation sites (tertiary alicyclic amines) is 1. The van der Waals surface area contributed by atoms with Crippen molar-refractivity contribution in [3.8, 4) is 11.8 Å². The van der Waals surface area contributed by atoms with Gasteiger partial charge in [-0.2, -0.15) is 5.26 Å². The minimum Gasteiger partial charge on any atom is -0.490 e. The standard InChI is InChI=1S/C17H22N2O3/c1-17(2,3)15-10-14(8-9-19(15)16(20)21)22-13-6-4-12(11-18)5-7-13/h4-7,14-15H,8-10H2,1-3H3,(H,20,21). The average molecular weight is 302 g/mol. The van der Waals surface area contributed by atoms with Gasteiger partial charge in [-0.1, -0.05) is 20.8 Å². The number of nitrogens with zero attached hydrogens (tertiary/aromatic N) is 2. The molecule has 1 amide bonds. The molecule has 22 heavy (non-hydrogen) atoms. The molecule has 0 bridgehead atoms. The third-order valence-electron chi connectivity index (χ3n) is 4.09. The predicted molar refractivity (Wildman–Crippen MR) is 82.8 cm³/mol. The van der Waals surface area contributed by atoms with Crippen molar-refractivity contribution in [1.82, 2.24) is 4.90 Å². The number of amides is 1. The van der Waals surface area contributed by atoms with Gasteiger partial charge < -0.3 is 14.7 Å². The Hall–Kier alpha value is -2.22. The highest BCUT2D eigenvalue weighted by molar-refractivity contribution is 5.65. The molecule has 2 unspecified atom stereocenters. The summed E-state index contributed by atoms with van der Waals surface area (Å²) in [5, 5.41) is 18.2. The summed E-state index contributed by atoms with van der Waals surface area (Å²) in [5.41, 5.74) is 0.464. The summed E-state index contributed by atoms with van der Waals surface area (Å²) in [4.78, 5) is 12.9. The summed E-state index contributed by atoms with van der Waals surface area (Å²) in [6, 6.07) is 9.03. The number of piperidine rings is 1. The summed E-state index contributed by atoms with van der Waals surface area (Å²) in [6.07, 6.45) is 0.485. The summed E-state index contributed by atoms with van der Waals surface area (Å²) in [6.45, 7) is 6.64. The van der Waals surface area contributed by atoms with Crippen molar-refractivity contribution >= 4 is 6.09 Å². The van der Waals surface area contributed by atoms with Gasteiger partial charge in [-0.15, -0.1) is 0 Å². The zero-order valence-electron chi connectivity index (χ0n) is 13.2. The van der Waals surface area contributed by atoms with E-state index in [0.717, 1.165) is 5.75 Å². The molecule has 0 saturated carbocycles. The molecule has 1 N–H and O–H groups in total. The molecule has 5 nitrogen and oxygen atoms in total.